The van der Waals surface area contributed by atoms with Crippen LogP contribution in [-0.4, -0.2) is 0 Å². The van der Waals surface area contributed by atoms with Gasteiger partial charge in [-0.05, 0) is 36.8 Å². The van der Waals surface area contributed by atoms with E-state index in [-0.39, 0.29) is 0 Å². The normalized spacial score (nSPS) is 22.1. The van der Waals surface area contributed by atoms with Gasteiger partial charge in [-0.2, -0.15) is 0 Å². The zero-order valence-corrected chi connectivity index (χ0v) is 12.9. The van der Waals surface area contributed by atoms with Crippen LogP contribution >= 0.6 is 0 Å². The standard InChI is InChI=1S/C20H28/c1-2-3-4-8-13-18-16-11-7-12-17-20(18)19-14-9-5-6-10-15-19/h5,7,9,11-12,14,16-18H,2-4,6,8,10,13,15H2,1H3. The third kappa shape index (κ3) is 4.67. The van der Waals surface area contributed by atoms with Crippen LogP contribution in [0.5, 0.6) is 0 Å². The Morgan fingerprint density at radius 1 is 1.00 bits per heavy atom. The second kappa shape index (κ2) is 8.79. The van der Waals surface area contributed by atoms with Crippen molar-refractivity contribution in [2.24, 2.45) is 5.92 Å². The molecule has 0 aromatic carbocycles. The van der Waals surface area contributed by atoms with Crippen molar-refractivity contribution in [3.63, 3.8) is 0 Å². The molecule has 0 amide bonds. The van der Waals surface area contributed by atoms with E-state index in [1.165, 1.54) is 51.4 Å². The summed E-state index contributed by atoms with van der Waals surface area (Å²) in [6.45, 7) is 2.28. The maximum Gasteiger partial charge on any atom is 0.00238 e. The summed E-state index contributed by atoms with van der Waals surface area (Å²) in [5.74, 6) is 0.611. The lowest BCUT2D eigenvalue weighted by atomic mass is 9.86. The first-order valence-electron chi connectivity index (χ1n) is 8.33. The van der Waals surface area contributed by atoms with Gasteiger partial charge >= 0.3 is 0 Å². The van der Waals surface area contributed by atoms with Crippen molar-refractivity contribution in [3.8, 4) is 0 Å². The van der Waals surface area contributed by atoms with Gasteiger partial charge in [0.25, 0.3) is 0 Å². The molecule has 0 heterocycles. The van der Waals surface area contributed by atoms with Gasteiger partial charge in [0.05, 0.1) is 0 Å². The van der Waals surface area contributed by atoms with Crippen LogP contribution < -0.4 is 0 Å². The van der Waals surface area contributed by atoms with Gasteiger partial charge in [-0.3, -0.25) is 0 Å². The van der Waals surface area contributed by atoms with E-state index in [1.54, 1.807) is 11.1 Å². The van der Waals surface area contributed by atoms with Crippen molar-refractivity contribution in [2.45, 2.75) is 58.3 Å². The van der Waals surface area contributed by atoms with E-state index in [4.69, 9.17) is 0 Å². The van der Waals surface area contributed by atoms with Crippen LogP contribution in [-0.2, 0) is 0 Å². The lowest BCUT2D eigenvalue weighted by Crippen LogP contribution is -2.04. The molecule has 0 heteroatoms. The van der Waals surface area contributed by atoms with Crippen LogP contribution in [0.1, 0.15) is 58.3 Å². The van der Waals surface area contributed by atoms with E-state index < -0.39 is 0 Å². The molecule has 0 spiro atoms. The molecule has 0 saturated heterocycles. The highest BCUT2D eigenvalue weighted by molar-refractivity contribution is 5.42. The fourth-order valence-corrected chi connectivity index (χ4v) is 3.05. The monoisotopic (exact) mass is 268 g/mol. The summed E-state index contributed by atoms with van der Waals surface area (Å²) in [7, 11) is 0. The molecule has 0 radical (unpaired) electrons. The first-order chi connectivity index (χ1) is 9.92. The first-order valence-corrected chi connectivity index (χ1v) is 8.33. The van der Waals surface area contributed by atoms with Crippen molar-refractivity contribution in [2.75, 3.05) is 0 Å². The summed E-state index contributed by atoms with van der Waals surface area (Å²) in [4.78, 5) is 0. The lowest BCUT2D eigenvalue weighted by molar-refractivity contribution is 0.575. The Labute approximate surface area is 124 Å². The van der Waals surface area contributed by atoms with Crippen LogP contribution in [0.3, 0.4) is 0 Å². The van der Waals surface area contributed by atoms with E-state index in [0.717, 1.165) is 0 Å². The molecule has 0 fully saturated rings. The number of rotatable bonds is 6. The summed E-state index contributed by atoms with van der Waals surface area (Å²) < 4.78 is 0. The molecule has 0 bridgehead atoms. The summed E-state index contributed by atoms with van der Waals surface area (Å²) in [5, 5.41) is 0. The first kappa shape index (κ1) is 15.1. The molecule has 0 aromatic rings. The molecule has 2 rings (SSSR count). The van der Waals surface area contributed by atoms with Crippen molar-refractivity contribution < 1.29 is 0 Å². The van der Waals surface area contributed by atoms with Gasteiger partial charge in [0.2, 0.25) is 0 Å². The van der Waals surface area contributed by atoms with E-state index in [9.17, 15) is 0 Å². The minimum absolute atomic E-state index is 0.611. The summed E-state index contributed by atoms with van der Waals surface area (Å²) in [5.41, 5.74) is 3.11. The molecule has 0 N–H and O–H groups in total. The highest BCUT2D eigenvalue weighted by Crippen LogP contribution is 2.31. The summed E-state index contributed by atoms with van der Waals surface area (Å²) in [6.07, 6.45) is 28.7. The summed E-state index contributed by atoms with van der Waals surface area (Å²) in [6, 6.07) is 0. The van der Waals surface area contributed by atoms with E-state index in [0.29, 0.717) is 5.92 Å². The second-order valence-corrected chi connectivity index (χ2v) is 5.86. The predicted molar refractivity (Wildman–Crippen MR) is 89.7 cm³/mol. The maximum absolute atomic E-state index is 2.40. The molecule has 2 aliphatic rings. The van der Waals surface area contributed by atoms with Gasteiger partial charge in [-0.1, -0.05) is 81.2 Å². The molecule has 108 valence electrons. The van der Waals surface area contributed by atoms with E-state index in [2.05, 4.69) is 55.5 Å². The molecule has 0 saturated carbocycles. The SMILES string of the molecule is CCCCCCC1C=CC=CC=C1C1=CC=CCCC1. The number of unbranched alkanes of at least 4 members (excludes halogenated alkanes) is 3. The van der Waals surface area contributed by atoms with Gasteiger partial charge in [0, 0.05) is 5.92 Å². The third-order valence-electron chi connectivity index (χ3n) is 4.23. The van der Waals surface area contributed by atoms with Crippen LogP contribution in [0.2, 0.25) is 0 Å². The lowest BCUT2D eigenvalue weighted by Gasteiger charge is -2.19. The molecule has 2 aliphatic carbocycles. The second-order valence-electron chi connectivity index (χ2n) is 5.86. The molecular weight excluding hydrogens is 240 g/mol. The molecule has 0 aromatic heterocycles. The Kier molecular flexibility index (Phi) is 6.63. The van der Waals surface area contributed by atoms with Crippen LogP contribution in [0.15, 0.2) is 59.8 Å². The largest absolute Gasteiger partial charge is 0.0845 e. The highest BCUT2D eigenvalue weighted by atomic mass is 14.2. The Morgan fingerprint density at radius 3 is 2.85 bits per heavy atom. The fraction of sp³-hybridized carbons (Fsp3) is 0.500. The van der Waals surface area contributed by atoms with Gasteiger partial charge in [0.1, 0.15) is 0 Å². The van der Waals surface area contributed by atoms with Gasteiger partial charge in [-0.15, -0.1) is 0 Å². The minimum atomic E-state index is 0.611. The smallest absolute Gasteiger partial charge is 0.00238 e. The Morgan fingerprint density at radius 2 is 1.95 bits per heavy atom. The quantitative estimate of drug-likeness (QED) is 0.496. The van der Waals surface area contributed by atoms with Gasteiger partial charge in [0.15, 0.2) is 0 Å². The Balaban J connectivity index is 2.03. The van der Waals surface area contributed by atoms with Gasteiger partial charge < -0.3 is 0 Å². The topological polar surface area (TPSA) is 0 Å². The fourth-order valence-electron chi connectivity index (χ4n) is 3.05. The van der Waals surface area contributed by atoms with Crippen LogP contribution in [0, 0.1) is 5.92 Å². The Bertz CT molecular complexity index is 429. The number of allylic oxidation sites excluding steroid dienone is 10. The van der Waals surface area contributed by atoms with Crippen molar-refractivity contribution in [1.82, 2.24) is 0 Å². The highest BCUT2D eigenvalue weighted by Gasteiger charge is 2.15. The zero-order chi connectivity index (χ0) is 14.0. The van der Waals surface area contributed by atoms with Gasteiger partial charge in [-0.25, -0.2) is 0 Å². The third-order valence-corrected chi connectivity index (χ3v) is 4.23. The molecule has 20 heavy (non-hydrogen) atoms. The molecule has 0 nitrogen and oxygen atoms in total. The summed E-state index contributed by atoms with van der Waals surface area (Å²) >= 11 is 0. The van der Waals surface area contributed by atoms with E-state index in [1.807, 2.05) is 0 Å². The number of hydrogen-bond donors (Lipinski definition) is 0. The van der Waals surface area contributed by atoms with Crippen molar-refractivity contribution in [1.29, 1.82) is 0 Å². The Hall–Kier alpha value is -1.30. The molecule has 0 aliphatic heterocycles. The van der Waals surface area contributed by atoms with Crippen molar-refractivity contribution in [3.05, 3.63) is 59.8 Å². The molecule has 1 atom stereocenters. The molecular formula is C20H28. The minimum Gasteiger partial charge on any atom is -0.0845 e. The predicted octanol–water partition coefficient (Wildman–Crippen LogP) is 6.29. The molecule has 1 unspecified atom stereocenters. The van der Waals surface area contributed by atoms with Crippen molar-refractivity contribution >= 4 is 0 Å². The zero-order valence-electron chi connectivity index (χ0n) is 12.9. The average Bonchev–Trinajstić information content (AvgIpc) is 2.86. The maximum atomic E-state index is 2.40. The average molecular weight is 268 g/mol. The number of hydrogen-bond acceptors (Lipinski definition) is 0. The van der Waals surface area contributed by atoms with E-state index >= 15 is 0 Å². The van der Waals surface area contributed by atoms with Crippen LogP contribution in [0.4, 0.5) is 0 Å². The van der Waals surface area contributed by atoms with Crippen LogP contribution in [0.25, 0.3) is 0 Å².